The van der Waals surface area contributed by atoms with Crippen LogP contribution >= 0.6 is 0 Å². The predicted octanol–water partition coefficient (Wildman–Crippen LogP) is 0.465. The molecule has 0 heterocycles. The molecule has 1 atom stereocenters. The molecule has 0 saturated heterocycles. The van der Waals surface area contributed by atoms with Crippen molar-refractivity contribution in [3.8, 4) is 0 Å². The van der Waals surface area contributed by atoms with E-state index in [2.05, 4.69) is 11.9 Å². The molecular formula is C10H22N2O. The molecule has 0 radical (unpaired) electrons. The van der Waals surface area contributed by atoms with Crippen molar-refractivity contribution in [2.24, 2.45) is 0 Å². The molecule has 0 aliphatic carbocycles. The van der Waals surface area contributed by atoms with Crippen LogP contribution in [-0.2, 0) is 0 Å². The molecule has 0 spiro atoms. The Kier molecular flexibility index (Phi) is 5.21. The number of hydrogen-bond acceptors (Lipinski definition) is 3. The molecule has 3 heteroatoms. The Bertz CT molecular complexity index is 164. The van der Waals surface area contributed by atoms with Crippen LogP contribution in [0.2, 0.25) is 0 Å². The maximum Gasteiger partial charge on any atom is 0.0869 e. The summed E-state index contributed by atoms with van der Waals surface area (Å²) in [6.07, 6.45) is 0. The summed E-state index contributed by atoms with van der Waals surface area (Å²) >= 11 is 0. The lowest BCUT2D eigenvalue weighted by Crippen LogP contribution is -2.45. The normalized spacial score (nSPS) is 15.8. The standard InChI is InChI=1S/C10H22N2O/c1-9(2)6-11-7-10(3,13)8-12(4)5/h11,13H,1,6-8H2,2-5H3. The minimum Gasteiger partial charge on any atom is -0.388 e. The highest BCUT2D eigenvalue weighted by atomic mass is 16.3. The molecule has 0 fully saturated rings. The van der Waals surface area contributed by atoms with Crippen molar-refractivity contribution >= 4 is 0 Å². The fourth-order valence-electron chi connectivity index (χ4n) is 1.28. The van der Waals surface area contributed by atoms with E-state index in [0.717, 1.165) is 12.1 Å². The molecular weight excluding hydrogens is 164 g/mol. The first kappa shape index (κ1) is 12.6. The van der Waals surface area contributed by atoms with E-state index in [9.17, 15) is 5.11 Å². The van der Waals surface area contributed by atoms with E-state index in [1.165, 1.54) is 0 Å². The summed E-state index contributed by atoms with van der Waals surface area (Å²) in [4.78, 5) is 1.97. The highest BCUT2D eigenvalue weighted by Gasteiger charge is 2.20. The molecule has 1 unspecified atom stereocenters. The molecule has 0 saturated carbocycles. The lowest BCUT2D eigenvalue weighted by Gasteiger charge is -2.27. The van der Waals surface area contributed by atoms with E-state index in [0.29, 0.717) is 13.1 Å². The number of nitrogens with one attached hydrogen (secondary N) is 1. The summed E-state index contributed by atoms with van der Waals surface area (Å²) in [5.41, 5.74) is 0.416. The van der Waals surface area contributed by atoms with Crippen LogP contribution < -0.4 is 5.32 Å². The van der Waals surface area contributed by atoms with E-state index in [1.54, 1.807) is 0 Å². The largest absolute Gasteiger partial charge is 0.388 e. The molecule has 0 aliphatic rings. The molecule has 0 aromatic rings. The van der Waals surface area contributed by atoms with E-state index >= 15 is 0 Å². The van der Waals surface area contributed by atoms with E-state index in [-0.39, 0.29) is 0 Å². The third-order valence-corrected chi connectivity index (χ3v) is 1.59. The Balaban J connectivity index is 3.68. The van der Waals surface area contributed by atoms with Crippen LogP contribution in [0, 0.1) is 0 Å². The first-order valence-electron chi connectivity index (χ1n) is 4.56. The zero-order valence-electron chi connectivity index (χ0n) is 9.22. The third-order valence-electron chi connectivity index (χ3n) is 1.59. The van der Waals surface area contributed by atoms with Gasteiger partial charge in [-0.3, -0.25) is 0 Å². The van der Waals surface area contributed by atoms with Crippen LogP contribution in [-0.4, -0.2) is 49.3 Å². The minimum absolute atomic E-state index is 0.595. The SMILES string of the molecule is C=C(C)CNCC(C)(O)CN(C)C. The van der Waals surface area contributed by atoms with Gasteiger partial charge in [0.1, 0.15) is 0 Å². The molecule has 3 nitrogen and oxygen atoms in total. The molecule has 0 aromatic heterocycles. The second kappa shape index (κ2) is 5.37. The van der Waals surface area contributed by atoms with Gasteiger partial charge in [-0.05, 0) is 27.9 Å². The Morgan fingerprint density at radius 2 is 2.08 bits per heavy atom. The van der Waals surface area contributed by atoms with Crippen molar-refractivity contribution in [1.29, 1.82) is 0 Å². The van der Waals surface area contributed by atoms with Crippen LogP contribution in [0.4, 0.5) is 0 Å². The highest BCUT2D eigenvalue weighted by Crippen LogP contribution is 2.02. The van der Waals surface area contributed by atoms with Gasteiger partial charge in [0.05, 0.1) is 5.60 Å². The molecule has 13 heavy (non-hydrogen) atoms. The summed E-state index contributed by atoms with van der Waals surface area (Å²) in [6, 6.07) is 0. The van der Waals surface area contributed by atoms with Crippen LogP contribution in [0.1, 0.15) is 13.8 Å². The van der Waals surface area contributed by atoms with Crippen molar-refractivity contribution in [2.75, 3.05) is 33.7 Å². The van der Waals surface area contributed by atoms with E-state index < -0.39 is 5.60 Å². The highest BCUT2D eigenvalue weighted by molar-refractivity contribution is 4.91. The second-order valence-electron chi connectivity index (χ2n) is 4.30. The number of nitrogens with zero attached hydrogens (tertiary/aromatic N) is 1. The first-order chi connectivity index (χ1) is 5.83. The number of likely N-dealkylation sites (N-methyl/N-ethyl adjacent to an activating group) is 1. The van der Waals surface area contributed by atoms with Crippen LogP contribution in [0.25, 0.3) is 0 Å². The fraction of sp³-hybridized carbons (Fsp3) is 0.800. The van der Waals surface area contributed by atoms with Gasteiger partial charge in [0.15, 0.2) is 0 Å². The number of rotatable bonds is 6. The van der Waals surface area contributed by atoms with Gasteiger partial charge in [0.2, 0.25) is 0 Å². The fourth-order valence-corrected chi connectivity index (χ4v) is 1.28. The molecule has 78 valence electrons. The Labute approximate surface area is 81.4 Å². The van der Waals surface area contributed by atoms with Crippen molar-refractivity contribution in [1.82, 2.24) is 10.2 Å². The third kappa shape index (κ3) is 7.96. The van der Waals surface area contributed by atoms with E-state index in [1.807, 2.05) is 32.8 Å². The van der Waals surface area contributed by atoms with Crippen LogP contribution in [0.5, 0.6) is 0 Å². The molecule has 0 rings (SSSR count). The maximum atomic E-state index is 9.86. The summed E-state index contributed by atoms with van der Waals surface area (Å²) in [7, 11) is 3.90. The van der Waals surface area contributed by atoms with Gasteiger partial charge in [-0.1, -0.05) is 12.2 Å². The van der Waals surface area contributed by atoms with Gasteiger partial charge in [0.25, 0.3) is 0 Å². The quantitative estimate of drug-likeness (QED) is 0.592. The lowest BCUT2D eigenvalue weighted by molar-refractivity contribution is 0.0346. The number of aliphatic hydroxyl groups is 1. The Morgan fingerprint density at radius 1 is 1.54 bits per heavy atom. The zero-order valence-corrected chi connectivity index (χ0v) is 9.22. The van der Waals surface area contributed by atoms with Gasteiger partial charge in [-0.15, -0.1) is 0 Å². The van der Waals surface area contributed by atoms with Gasteiger partial charge in [0, 0.05) is 19.6 Å². The van der Waals surface area contributed by atoms with Crippen molar-refractivity contribution < 1.29 is 5.11 Å². The Morgan fingerprint density at radius 3 is 2.46 bits per heavy atom. The topological polar surface area (TPSA) is 35.5 Å². The van der Waals surface area contributed by atoms with Crippen LogP contribution in [0.3, 0.4) is 0 Å². The van der Waals surface area contributed by atoms with Gasteiger partial charge >= 0.3 is 0 Å². The summed E-state index contributed by atoms with van der Waals surface area (Å²) in [5, 5.41) is 13.0. The summed E-state index contributed by atoms with van der Waals surface area (Å²) in [6.45, 7) is 9.60. The summed E-state index contributed by atoms with van der Waals surface area (Å²) in [5.74, 6) is 0. The predicted molar refractivity (Wildman–Crippen MR) is 56.9 cm³/mol. The smallest absolute Gasteiger partial charge is 0.0869 e. The zero-order chi connectivity index (χ0) is 10.5. The molecule has 0 aromatic carbocycles. The van der Waals surface area contributed by atoms with Crippen molar-refractivity contribution in [2.45, 2.75) is 19.4 Å². The van der Waals surface area contributed by atoms with Gasteiger partial charge < -0.3 is 15.3 Å². The summed E-state index contributed by atoms with van der Waals surface area (Å²) < 4.78 is 0. The van der Waals surface area contributed by atoms with Crippen LogP contribution in [0.15, 0.2) is 12.2 Å². The molecule has 0 aliphatic heterocycles. The monoisotopic (exact) mass is 186 g/mol. The minimum atomic E-state index is -0.668. The maximum absolute atomic E-state index is 9.86. The first-order valence-corrected chi connectivity index (χ1v) is 4.56. The average Bonchev–Trinajstić information content (AvgIpc) is 1.81. The van der Waals surface area contributed by atoms with Gasteiger partial charge in [-0.25, -0.2) is 0 Å². The number of hydrogen-bond donors (Lipinski definition) is 2. The molecule has 0 amide bonds. The van der Waals surface area contributed by atoms with E-state index in [4.69, 9.17) is 0 Å². The Hall–Kier alpha value is -0.380. The lowest BCUT2D eigenvalue weighted by atomic mass is 10.1. The average molecular weight is 186 g/mol. The van der Waals surface area contributed by atoms with Gasteiger partial charge in [-0.2, -0.15) is 0 Å². The second-order valence-corrected chi connectivity index (χ2v) is 4.30. The van der Waals surface area contributed by atoms with Crippen molar-refractivity contribution in [3.05, 3.63) is 12.2 Å². The van der Waals surface area contributed by atoms with Crippen molar-refractivity contribution in [3.63, 3.8) is 0 Å². The molecule has 2 N–H and O–H groups in total. The molecule has 0 bridgehead atoms.